The average molecular weight is 385 g/mol. The smallest absolute Gasteiger partial charge is 0.252 e. The van der Waals surface area contributed by atoms with Crippen LogP contribution in [0.25, 0.3) is 0 Å². The number of thioether (sulfide) groups is 1. The lowest BCUT2D eigenvalue weighted by atomic mass is 10.1. The fourth-order valence-corrected chi connectivity index (χ4v) is 4.13. The van der Waals surface area contributed by atoms with E-state index in [-0.39, 0.29) is 5.91 Å². The van der Waals surface area contributed by atoms with Crippen LogP contribution in [0.3, 0.4) is 0 Å². The molecular formula is C20H20N2O2S2. The second-order valence-corrected chi connectivity index (χ2v) is 7.44. The van der Waals surface area contributed by atoms with E-state index in [0.717, 1.165) is 27.5 Å². The molecule has 0 radical (unpaired) electrons. The van der Waals surface area contributed by atoms with Crippen molar-refractivity contribution in [2.24, 2.45) is 0 Å². The number of ether oxygens (including phenoxy) is 1. The van der Waals surface area contributed by atoms with Crippen molar-refractivity contribution < 1.29 is 9.53 Å². The fourth-order valence-electron chi connectivity index (χ4n) is 2.51. The third-order valence-electron chi connectivity index (χ3n) is 3.75. The van der Waals surface area contributed by atoms with Gasteiger partial charge >= 0.3 is 0 Å². The van der Waals surface area contributed by atoms with Crippen LogP contribution in [0.15, 0.2) is 64.3 Å². The van der Waals surface area contributed by atoms with Crippen LogP contribution >= 0.6 is 23.1 Å². The first-order chi connectivity index (χ1) is 12.8. The van der Waals surface area contributed by atoms with Crippen molar-refractivity contribution in [2.75, 3.05) is 7.11 Å². The summed E-state index contributed by atoms with van der Waals surface area (Å²) < 4.78 is 5.16. The van der Waals surface area contributed by atoms with E-state index in [4.69, 9.17) is 4.74 Å². The molecule has 6 heteroatoms. The zero-order valence-corrected chi connectivity index (χ0v) is 16.1. The molecule has 0 saturated carbocycles. The van der Waals surface area contributed by atoms with Gasteiger partial charge in [-0.1, -0.05) is 36.4 Å². The lowest BCUT2D eigenvalue weighted by molar-refractivity contribution is 0.0948. The topological polar surface area (TPSA) is 51.2 Å². The molecule has 0 unspecified atom stereocenters. The molecule has 0 aliphatic carbocycles. The summed E-state index contributed by atoms with van der Waals surface area (Å²) in [6.45, 7) is 1.05. The lowest BCUT2D eigenvalue weighted by Crippen LogP contribution is -2.23. The van der Waals surface area contributed by atoms with Gasteiger partial charge in [0, 0.05) is 29.7 Å². The van der Waals surface area contributed by atoms with Gasteiger partial charge in [0.25, 0.3) is 5.91 Å². The van der Waals surface area contributed by atoms with E-state index in [1.54, 1.807) is 30.2 Å². The quantitative estimate of drug-likeness (QED) is 0.581. The van der Waals surface area contributed by atoms with E-state index in [1.165, 1.54) is 0 Å². The molecule has 2 aromatic carbocycles. The molecule has 3 aromatic rings. The highest BCUT2D eigenvalue weighted by molar-refractivity contribution is 7.98. The first-order valence-corrected chi connectivity index (χ1v) is 10.1. The van der Waals surface area contributed by atoms with Gasteiger partial charge in [0.1, 0.15) is 0 Å². The number of carbonyl (C=O) groups excluding carboxylic acids is 1. The number of aromatic nitrogens is 1. The fraction of sp³-hybridized carbons (Fsp3) is 0.200. The van der Waals surface area contributed by atoms with Gasteiger partial charge in [-0.3, -0.25) is 4.79 Å². The Morgan fingerprint density at radius 2 is 2.04 bits per heavy atom. The minimum Gasteiger partial charge on any atom is -0.380 e. The minimum absolute atomic E-state index is 0.0662. The number of carbonyl (C=O) groups is 1. The van der Waals surface area contributed by atoms with Crippen LogP contribution in [0.5, 0.6) is 0 Å². The van der Waals surface area contributed by atoms with Crippen molar-refractivity contribution in [3.63, 3.8) is 0 Å². The van der Waals surface area contributed by atoms with Gasteiger partial charge in [-0.05, 0) is 23.3 Å². The molecule has 0 spiro atoms. The number of methoxy groups -OCH3 is 1. The molecule has 1 heterocycles. The van der Waals surface area contributed by atoms with Crippen LogP contribution < -0.4 is 5.32 Å². The Balaban J connectivity index is 1.63. The number of nitrogens with one attached hydrogen (secondary N) is 1. The highest BCUT2D eigenvalue weighted by atomic mass is 32.2. The number of benzene rings is 2. The highest BCUT2D eigenvalue weighted by Gasteiger charge is 2.11. The van der Waals surface area contributed by atoms with E-state index in [1.807, 2.05) is 59.4 Å². The van der Waals surface area contributed by atoms with Gasteiger partial charge in [0.15, 0.2) is 0 Å². The summed E-state index contributed by atoms with van der Waals surface area (Å²) in [7, 11) is 1.68. The van der Waals surface area contributed by atoms with Crippen LogP contribution in [0.4, 0.5) is 0 Å². The molecule has 1 aromatic heterocycles. The van der Waals surface area contributed by atoms with Gasteiger partial charge in [-0.25, -0.2) is 4.98 Å². The Hall–Kier alpha value is -2.15. The van der Waals surface area contributed by atoms with Crippen molar-refractivity contribution in [1.82, 2.24) is 10.3 Å². The lowest BCUT2D eigenvalue weighted by Gasteiger charge is -2.10. The monoisotopic (exact) mass is 384 g/mol. The molecule has 0 aliphatic heterocycles. The molecule has 26 heavy (non-hydrogen) atoms. The first-order valence-electron chi connectivity index (χ1n) is 8.20. The largest absolute Gasteiger partial charge is 0.380 e. The molecule has 0 bridgehead atoms. The van der Waals surface area contributed by atoms with Crippen LogP contribution in [-0.4, -0.2) is 18.0 Å². The Labute approximate surface area is 161 Å². The summed E-state index contributed by atoms with van der Waals surface area (Å²) >= 11 is 3.21. The molecule has 3 rings (SSSR count). The van der Waals surface area contributed by atoms with E-state index >= 15 is 0 Å². The van der Waals surface area contributed by atoms with Crippen LogP contribution in [-0.2, 0) is 23.6 Å². The summed E-state index contributed by atoms with van der Waals surface area (Å²) in [6.07, 6.45) is 0. The third kappa shape index (κ3) is 5.17. The SMILES string of the molecule is COCc1cccc(CNC(=O)c2ccccc2SCc2cscn2)c1. The van der Waals surface area contributed by atoms with Crippen molar-refractivity contribution in [3.05, 3.63) is 81.8 Å². The minimum atomic E-state index is -0.0662. The van der Waals surface area contributed by atoms with E-state index in [2.05, 4.69) is 10.3 Å². The number of amides is 1. The van der Waals surface area contributed by atoms with Crippen molar-refractivity contribution in [2.45, 2.75) is 23.8 Å². The van der Waals surface area contributed by atoms with Gasteiger partial charge in [0.2, 0.25) is 0 Å². The standard InChI is InChI=1S/C20H20N2O2S2/c1-24-11-16-6-4-5-15(9-16)10-21-20(23)18-7-2-3-8-19(18)26-13-17-12-25-14-22-17/h2-9,12,14H,10-11,13H2,1H3,(H,21,23). The Morgan fingerprint density at radius 1 is 1.19 bits per heavy atom. The van der Waals surface area contributed by atoms with Crippen LogP contribution in [0.2, 0.25) is 0 Å². The molecule has 1 amide bonds. The molecule has 0 atom stereocenters. The third-order valence-corrected chi connectivity index (χ3v) is 5.49. The number of hydrogen-bond acceptors (Lipinski definition) is 5. The van der Waals surface area contributed by atoms with Crippen molar-refractivity contribution >= 4 is 29.0 Å². The Morgan fingerprint density at radius 3 is 2.85 bits per heavy atom. The Kier molecular flexibility index (Phi) is 6.82. The second-order valence-electron chi connectivity index (χ2n) is 5.70. The molecule has 4 nitrogen and oxygen atoms in total. The summed E-state index contributed by atoms with van der Waals surface area (Å²) in [5, 5.41) is 5.04. The summed E-state index contributed by atoms with van der Waals surface area (Å²) in [5.74, 6) is 0.691. The zero-order chi connectivity index (χ0) is 18.2. The molecule has 0 saturated heterocycles. The average Bonchev–Trinajstić information content (AvgIpc) is 3.19. The van der Waals surface area contributed by atoms with Crippen molar-refractivity contribution in [3.8, 4) is 0 Å². The maximum Gasteiger partial charge on any atom is 0.252 e. The van der Waals surface area contributed by atoms with Crippen LogP contribution in [0, 0.1) is 0 Å². The van der Waals surface area contributed by atoms with Gasteiger partial charge in [0.05, 0.1) is 23.4 Å². The Bertz CT molecular complexity index is 851. The van der Waals surface area contributed by atoms with E-state index < -0.39 is 0 Å². The zero-order valence-electron chi connectivity index (χ0n) is 14.5. The number of rotatable bonds is 8. The van der Waals surface area contributed by atoms with Crippen molar-refractivity contribution in [1.29, 1.82) is 0 Å². The summed E-state index contributed by atoms with van der Waals surface area (Å²) in [4.78, 5) is 17.9. The van der Waals surface area contributed by atoms with Gasteiger partial charge in [-0.15, -0.1) is 23.1 Å². The van der Waals surface area contributed by atoms with Gasteiger partial charge in [-0.2, -0.15) is 0 Å². The number of nitrogens with zero attached hydrogens (tertiary/aromatic N) is 1. The maximum atomic E-state index is 12.6. The highest BCUT2D eigenvalue weighted by Crippen LogP contribution is 2.26. The first kappa shape index (κ1) is 18.6. The summed E-state index contributed by atoms with van der Waals surface area (Å²) in [6, 6.07) is 15.7. The predicted molar refractivity (Wildman–Crippen MR) is 106 cm³/mol. The predicted octanol–water partition coefficient (Wildman–Crippen LogP) is 4.51. The molecule has 134 valence electrons. The molecule has 0 fully saturated rings. The molecule has 0 aliphatic rings. The van der Waals surface area contributed by atoms with E-state index in [0.29, 0.717) is 18.7 Å². The molecular weight excluding hydrogens is 364 g/mol. The van der Waals surface area contributed by atoms with Crippen LogP contribution in [0.1, 0.15) is 27.2 Å². The van der Waals surface area contributed by atoms with E-state index in [9.17, 15) is 4.79 Å². The number of thiazole rings is 1. The normalized spacial score (nSPS) is 10.7. The molecule has 1 N–H and O–H groups in total. The van der Waals surface area contributed by atoms with Gasteiger partial charge < -0.3 is 10.1 Å². The summed E-state index contributed by atoms with van der Waals surface area (Å²) in [5.41, 5.74) is 5.71. The maximum absolute atomic E-state index is 12.6. The second kappa shape index (κ2) is 9.52. The number of hydrogen-bond donors (Lipinski definition) is 1.